The van der Waals surface area contributed by atoms with Crippen LogP contribution in [0.3, 0.4) is 0 Å². The first-order valence-electron chi connectivity index (χ1n) is 6.72. The number of aromatic nitrogens is 1. The molecule has 23 heavy (non-hydrogen) atoms. The Hall–Kier alpha value is -3.13. The average molecular weight is 316 g/mol. The van der Waals surface area contributed by atoms with Gasteiger partial charge in [0.15, 0.2) is 0 Å². The molecular formula is C15H13FN4O3. The van der Waals surface area contributed by atoms with Gasteiger partial charge in [0.2, 0.25) is 0 Å². The summed E-state index contributed by atoms with van der Waals surface area (Å²) in [5, 5.41) is 11.0. The molecule has 3 N–H and O–H groups in total. The van der Waals surface area contributed by atoms with Gasteiger partial charge in [-0.15, -0.1) is 5.53 Å². The molecule has 8 heteroatoms. The molecule has 1 aliphatic heterocycles. The van der Waals surface area contributed by atoms with E-state index in [0.717, 1.165) is 16.6 Å². The number of rotatable bonds is 4. The van der Waals surface area contributed by atoms with Gasteiger partial charge in [-0.25, -0.2) is 5.01 Å². The first-order chi connectivity index (χ1) is 11.1. The Morgan fingerprint density at radius 2 is 2.22 bits per heavy atom. The molecule has 0 spiro atoms. The fraction of sp³-hybridized carbons (Fsp3) is 0.0667. The van der Waals surface area contributed by atoms with Crippen molar-refractivity contribution in [3.8, 4) is 0 Å². The molecule has 1 aliphatic rings. The number of aliphatic hydroxyl groups excluding tert-OH is 1. The first-order valence-corrected chi connectivity index (χ1v) is 6.72. The quantitative estimate of drug-likeness (QED) is 0.587. The largest absolute Gasteiger partial charge is 0.507 e. The fourth-order valence-corrected chi connectivity index (χ4v) is 2.03. The van der Waals surface area contributed by atoms with Crippen molar-refractivity contribution < 1.29 is 18.7 Å². The summed E-state index contributed by atoms with van der Waals surface area (Å²) in [7, 11) is 0. The van der Waals surface area contributed by atoms with Crippen molar-refractivity contribution in [3.05, 3.63) is 72.0 Å². The van der Waals surface area contributed by atoms with Crippen LogP contribution in [0.5, 0.6) is 0 Å². The standard InChI is InChI=1S/C15H13FN4O3/c16-15-12(13(21)9-14(22)20-6-5-18-19-20)8-11(23-15)7-10-1-3-17-4-2-10/h1-6,8-9,18-19,21H,7H2. The highest BCUT2D eigenvalue weighted by Crippen LogP contribution is 2.22. The van der Waals surface area contributed by atoms with Crippen molar-refractivity contribution in [3.63, 3.8) is 0 Å². The van der Waals surface area contributed by atoms with Crippen LogP contribution >= 0.6 is 0 Å². The number of halogens is 1. The highest BCUT2D eigenvalue weighted by atomic mass is 19.1. The Morgan fingerprint density at radius 3 is 2.91 bits per heavy atom. The number of carbonyl (C=O) groups excluding carboxylic acids is 1. The van der Waals surface area contributed by atoms with Crippen LogP contribution in [0.25, 0.3) is 5.76 Å². The smallest absolute Gasteiger partial charge is 0.289 e. The van der Waals surface area contributed by atoms with Crippen LogP contribution in [0.2, 0.25) is 0 Å². The monoisotopic (exact) mass is 316 g/mol. The molecule has 0 fully saturated rings. The lowest BCUT2D eigenvalue weighted by Gasteiger charge is -2.10. The van der Waals surface area contributed by atoms with Crippen LogP contribution in [-0.4, -0.2) is 21.0 Å². The predicted octanol–water partition coefficient (Wildman–Crippen LogP) is 1.63. The molecule has 2 aromatic rings. The Labute approximate surface area is 130 Å². The second kappa shape index (κ2) is 6.32. The highest BCUT2D eigenvalue weighted by Gasteiger charge is 2.18. The van der Waals surface area contributed by atoms with E-state index in [4.69, 9.17) is 4.42 Å². The Morgan fingerprint density at radius 1 is 1.43 bits per heavy atom. The number of hydrogen-bond acceptors (Lipinski definition) is 6. The summed E-state index contributed by atoms with van der Waals surface area (Å²) in [4.78, 5) is 15.7. The van der Waals surface area contributed by atoms with Crippen molar-refractivity contribution in [2.24, 2.45) is 0 Å². The van der Waals surface area contributed by atoms with Gasteiger partial charge in [-0.1, -0.05) is 0 Å². The van der Waals surface area contributed by atoms with Crippen molar-refractivity contribution in [1.29, 1.82) is 0 Å². The van der Waals surface area contributed by atoms with E-state index in [1.54, 1.807) is 24.5 Å². The van der Waals surface area contributed by atoms with Gasteiger partial charge in [0, 0.05) is 37.3 Å². The van der Waals surface area contributed by atoms with Crippen molar-refractivity contribution in [2.75, 3.05) is 0 Å². The minimum atomic E-state index is -0.946. The predicted molar refractivity (Wildman–Crippen MR) is 78.6 cm³/mol. The SMILES string of the molecule is O=C(C=C(O)c1cc(Cc2ccncc2)oc1F)N1C=CNN1. The van der Waals surface area contributed by atoms with E-state index >= 15 is 0 Å². The van der Waals surface area contributed by atoms with Crippen molar-refractivity contribution >= 4 is 11.7 Å². The number of pyridine rings is 1. The van der Waals surface area contributed by atoms with Gasteiger partial charge in [-0.3, -0.25) is 9.78 Å². The molecule has 0 bridgehead atoms. The number of hydrazine groups is 2. The van der Waals surface area contributed by atoms with Crippen molar-refractivity contribution in [1.82, 2.24) is 21.0 Å². The molecule has 0 unspecified atom stereocenters. The average Bonchev–Trinajstić information content (AvgIpc) is 3.18. The normalized spacial score (nSPS) is 14.1. The Bertz CT molecular complexity index is 770. The molecule has 3 rings (SSSR count). The number of hydrogen-bond donors (Lipinski definition) is 3. The maximum Gasteiger partial charge on any atom is 0.289 e. The van der Waals surface area contributed by atoms with Gasteiger partial charge in [0.05, 0.1) is 5.56 Å². The molecule has 0 atom stereocenters. The summed E-state index contributed by atoms with van der Waals surface area (Å²) in [6.45, 7) is 0. The van der Waals surface area contributed by atoms with Gasteiger partial charge in [0.1, 0.15) is 11.5 Å². The number of aliphatic hydroxyl groups is 1. The van der Waals surface area contributed by atoms with Crippen molar-refractivity contribution in [2.45, 2.75) is 6.42 Å². The van der Waals surface area contributed by atoms with Crippen LogP contribution < -0.4 is 11.0 Å². The third-order valence-corrected chi connectivity index (χ3v) is 3.13. The zero-order valence-electron chi connectivity index (χ0n) is 11.9. The fourth-order valence-electron chi connectivity index (χ4n) is 2.03. The molecule has 0 saturated heterocycles. The minimum Gasteiger partial charge on any atom is -0.507 e. The van der Waals surface area contributed by atoms with E-state index in [1.807, 2.05) is 0 Å². The van der Waals surface area contributed by atoms with E-state index in [-0.39, 0.29) is 5.56 Å². The molecule has 7 nitrogen and oxygen atoms in total. The summed E-state index contributed by atoms with van der Waals surface area (Å²) in [5.74, 6) is -0.753. The number of carbonyl (C=O) groups is 1. The van der Waals surface area contributed by atoms with E-state index in [2.05, 4.69) is 15.9 Å². The first kappa shape index (κ1) is 14.8. The lowest BCUT2D eigenvalue weighted by Crippen LogP contribution is -2.39. The third kappa shape index (κ3) is 3.38. The molecule has 1 amide bonds. The second-order valence-electron chi connectivity index (χ2n) is 4.74. The zero-order chi connectivity index (χ0) is 16.2. The zero-order valence-corrected chi connectivity index (χ0v) is 11.9. The molecule has 0 aromatic carbocycles. The summed E-state index contributed by atoms with van der Waals surface area (Å²) >= 11 is 0. The number of nitrogens with one attached hydrogen (secondary N) is 2. The minimum absolute atomic E-state index is 0.168. The lowest BCUT2D eigenvalue weighted by atomic mass is 10.1. The molecule has 0 radical (unpaired) electrons. The number of nitrogens with zero attached hydrogens (tertiary/aromatic N) is 2. The summed E-state index contributed by atoms with van der Waals surface area (Å²) in [6.07, 6.45) is 7.41. The van der Waals surface area contributed by atoms with E-state index in [1.165, 1.54) is 18.5 Å². The lowest BCUT2D eigenvalue weighted by molar-refractivity contribution is -0.125. The van der Waals surface area contributed by atoms with Crippen LogP contribution in [0, 0.1) is 6.01 Å². The van der Waals surface area contributed by atoms with E-state index < -0.39 is 17.7 Å². The van der Waals surface area contributed by atoms with E-state index in [0.29, 0.717) is 12.2 Å². The number of amides is 1. The van der Waals surface area contributed by atoms with Gasteiger partial charge in [0.25, 0.3) is 11.9 Å². The Balaban J connectivity index is 1.77. The summed E-state index contributed by atoms with van der Waals surface area (Å²) in [6, 6.07) is 3.97. The summed E-state index contributed by atoms with van der Waals surface area (Å²) < 4.78 is 18.8. The molecule has 118 valence electrons. The molecule has 2 aromatic heterocycles. The van der Waals surface area contributed by atoms with Crippen LogP contribution in [-0.2, 0) is 11.2 Å². The van der Waals surface area contributed by atoms with Crippen LogP contribution in [0.1, 0.15) is 16.9 Å². The Kier molecular flexibility index (Phi) is 4.07. The van der Waals surface area contributed by atoms with Crippen LogP contribution in [0.15, 0.2) is 53.5 Å². The third-order valence-electron chi connectivity index (χ3n) is 3.13. The van der Waals surface area contributed by atoms with Gasteiger partial charge < -0.3 is 14.9 Å². The molecule has 0 aliphatic carbocycles. The number of furan rings is 1. The molecule has 3 heterocycles. The van der Waals surface area contributed by atoms with Gasteiger partial charge >= 0.3 is 0 Å². The van der Waals surface area contributed by atoms with Gasteiger partial charge in [-0.05, 0) is 23.8 Å². The van der Waals surface area contributed by atoms with Gasteiger partial charge in [-0.2, -0.15) is 4.39 Å². The van der Waals surface area contributed by atoms with Crippen LogP contribution in [0.4, 0.5) is 4.39 Å². The summed E-state index contributed by atoms with van der Waals surface area (Å²) in [5.41, 5.74) is 5.80. The topological polar surface area (TPSA) is 90.6 Å². The maximum atomic E-state index is 13.8. The molecular weight excluding hydrogens is 303 g/mol. The maximum absolute atomic E-state index is 13.8. The van der Waals surface area contributed by atoms with E-state index in [9.17, 15) is 14.3 Å². The highest BCUT2D eigenvalue weighted by molar-refractivity contribution is 5.94. The molecule has 0 saturated carbocycles. The second-order valence-corrected chi connectivity index (χ2v) is 4.74.